The number of morpholine rings is 1. The molecule has 0 radical (unpaired) electrons. The maximum absolute atomic E-state index is 5.69. The van der Waals surface area contributed by atoms with Crippen molar-refractivity contribution >= 4 is 16.9 Å². The third-order valence-electron chi connectivity index (χ3n) is 7.17. The van der Waals surface area contributed by atoms with Gasteiger partial charge in [-0.1, -0.05) is 0 Å². The number of hydrogen-bond acceptors (Lipinski definition) is 7. The van der Waals surface area contributed by atoms with E-state index in [2.05, 4.69) is 46.4 Å². The van der Waals surface area contributed by atoms with E-state index in [1.165, 1.54) is 0 Å². The molecular weight excluding hydrogens is 442 g/mol. The summed E-state index contributed by atoms with van der Waals surface area (Å²) < 4.78 is 13.4. The van der Waals surface area contributed by atoms with E-state index in [9.17, 15) is 0 Å². The van der Waals surface area contributed by atoms with E-state index in [-0.39, 0.29) is 6.04 Å². The highest BCUT2D eigenvalue weighted by Gasteiger charge is 2.25. The Kier molecular flexibility index (Phi) is 5.74. The molecule has 0 spiro atoms. The van der Waals surface area contributed by atoms with Crippen molar-refractivity contribution in [1.29, 1.82) is 0 Å². The van der Waals surface area contributed by atoms with E-state index in [0.717, 1.165) is 77.8 Å². The van der Waals surface area contributed by atoms with E-state index in [0.29, 0.717) is 25.0 Å². The van der Waals surface area contributed by atoms with Crippen LogP contribution in [0, 0.1) is 19.8 Å². The first-order valence-corrected chi connectivity index (χ1v) is 12.4. The largest absolute Gasteiger partial charge is 0.381 e. The third kappa shape index (κ3) is 4.08. The van der Waals surface area contributed by atoms with Crippen molar-refractivity contribution < 1.29 is 9.47 Å². The number of fused-ring (bicyclic) bond motifs is 1. The molecule has 0 amide bonds. The summed E-state index contributed by atoms with van der Waals surface area (Å²) >= 11 is 0. The van der Waals surface area contributed by atoms with Crippen LogP contribution in [0.4, 0.5) is 5.82 Å². The maximum atomic E-state index is 5.69. The smallest absolute Gasteiger partial charge is 0.162 e. The Hall–Kier alpha value is -3.30. The summed E-state index contributed by atoms with van der Waals surface area (Å²) in [5.41, 5.74) is 5.88. The van der Waals surface area contributed by atoms with Gasteiger partial charge in [0, 0.05) is 66.3 Å². The number of hydrogen-bond donors (Lipinski definition) is 1. The van der Waals surface area contributed by atoms with Crippen molar-refractivity contribution in [3.8, 4) is 22.6 Å². The lowest BCUT2D eigenvalue weighted by molar-refractivity contribution is 0.0985. The molecule has 9 nitrogen and oxygen atoms in total. The second-order valence-electron chi connectivity index (χ2n) is 9.61. The number of aryl methyl sites for hydroxylation is 1. The molecule has 0 aromatic carbocycles. The Morgan fingerprint density at radius 3 is 2.83 bits per heavy atom. The van der Waals surface area contributed by atoms with E-state index >= 15 is 0 Å². The number of nitrogens with one attached hydrogen (secondary N) is 1. The number of nitrogens with zero attached hydrogens (tertiary/aromatic N) is 6. The fourth-order valence-electron chi connectivity index (χ4n) is 5.27. The van der Waals surface area contributed by atoms with E-state index in [1.54, 1.807) is 6.20 Å². The van der Waals surface area contributed by atoms with Gasteiger partial charge >= 0.3 is 0 Å². The summed E-state index contributed by atoms with van der Waals surface area (Å²) in [5, 5.41) is 5.91. The minimum atomic E-state index is 0.233. The van der Waals surface area contributed by atoms with Crippen LogP contribution in [0.25, 0.3) is 33.7 Å². The number of H-pyrrole nitrogens is 1. The van der Waals surface area contributed by atoms with Crippen LogP contribution in [0.2, 0.25) is 0 Å². The molecule has 2 saturated heterocycles. The van der Waals surface area contributed by atoms with E-state index in [1.807, 2.05) is 18.3 Å². The van der Waals surface area contributed by atoms with Crippen molar-refractivity contribution in [2.75, 3.05) is 37.9 Å². The Balaban J connectivity index is 1.49. The lowest BCUT2D eigenvalue weighted by Crippen LogP contribution is -2.44. The first-order chi connectivity index (χ1) is 17.1. The van der Waals surface area contributed by atoms with Gasteiger partial charge in [0.05, 0.1) is 37.3 Å². The highest BCUT2D eigenvalue weighted by Crippen LogP contribution is 2.33. The standard InChI is InChI=1S/C26H31N7O2/c1-16-14-35-11-9-32(16)23-12-22(24-17(2)31-33(18(24)3)13-19-6-10-34-15-19)29-26(30-23)21-5-8-28-25-20(21)4-7-27-25/h4-5,7-8,12,16,19H,6,9-11,13-15H2,1-3H3,(H,27,28)/t16-,19?/m1/s1. The molecule has 1 N–H and O–H groups in total. The van der Waals surface area contributed by atoms with Gasteiger partial charge in [0.1, 0.15) is 11.5 Å². The van der Waals surface area contributed by atoms with Gasteiger partial charge in [-0.25, -0.2) is 15.0 Å². The summed E-state index contributed by atoms with van der Waals surface area (Å²) in [6.45, 7) is 11.1. The van der Waals surface area contributed by atoms with Gasteiger partial charge in [-0.15, -0.1) is 0 Å². The van der Waals surface area contributed by atoms with Crippen molar-refractivity contribution in [2.24, 2.45) is 5.92 Å². The molecule has 1 unspecified atom stereocenters. The zero-order valence-electron chi connectivity index (χ0n) is 20.5. The number of ether oxygens (including phenoxy) is 2. The quantitative estimate of drug-likeness (QED) is 0.472. The molecule has 35 heavy (non-hydrogen) atoms. The Bertz CT molecular complexity index is 1360. The molecular formula is C26H31N7O2. The molecule has 0 saturated carbocycles. The number of aromatic amines is 1. The van der Waals surface area contributed by atoms with Crippen molar-refractivity contribution in [2.45, 2.75) is 39.8 Å². The molecule has 2 aliphatic rings. The normalized spacial score (nSPS) is 20.7. The van der Waals surface area contributed by atoms with Gasteiger partial charge in [0.2, 0.25) is 0 Å². The van der Waals surface area contributed by atoms with Crippen molar-refractivity contribution in [1.82, 2.24) is 29.7 Å². The first kappa shape index (κ1) is 22.2. The lowest BCUT2D eigenvalue weighted by Gasteiger charge is -2.34. The zero-order chi connectivity index (χ0) is 23.9. The average Bonchev–Trinajstić information content (AvgIpc) is 3.60. The second-order valence-corrected chi connectivity index (χ2v) is 9.61. The maximum Gasteiger partial charge on any atom is 0.162 e. The molecule has 4 aromatic rings. The van der Waals surface area contributed by atoms with Gasteiger partial charge in [0.25, 0.3) is 0 Å². The van der Waals surface area contributed by atoms with Gasteiger partial charge in [-0.05, 0) is 39.3 Å². The summed E-state index contributed by atoms with van der Waals surface area (Å²) in [4.78, 5) is 20.1. The summed E-state index contributed by atoms with van der Waals surface area (Å²) in [6.07, 6.45) is 4.79. The zero-order valence-corrected chi connectivity index (χ0v) is 20.5. The minimum Gasteiger partial charge on any atom is -0.381 e. The van der Waals surface area contributed by atoms with Crippen molar-refractivity contribution in [3.63, 3.8) is 0 Å². The third-order valence-corrected chi connectivity index (χ3v) is 7.17. The molecule has 9 heteroatoms. The molecule has 6 rings (SSSR count). The van der Waals surface area contributed by atoms with Crippen LogP contribution in [0.15, 0.2) is 30.6 Å². The SMILES string of the molecule is Cc1nn(CC2CCOC2)c(C)c1-c1cc(N2CCOC[C@H]2C)nc(-c2ccnc3[nH]ccc23)n1. The van der Waals surface area contributed by atoms with Crippen molar-refractivity contribution in [3.05, 3.63) is 42.0 Å². The van der Waals surface area contributed by atoms with E-state index in [4.69, 9.17) is 24.5 Å². The predicted octanol–water partition coefficient (Wildman–Crippen LogP) is 3.76. The van der Waals surface area contributed by atoms with Crippen LogP contribution in [-0.4, -0.2) is 68.7 Å². The molecule has 6 heterocycles. The number of pyridine rings is 1. The topological polar surface area (TPSA) is 94.0 Å². The van der Waals surface area contributed by atoms with Crippen LogP contribution in [0.5, 0.6) is 0 Å². The highest BCUT2D eigenvalue weighted by molar-refractivity contribution is 5.91. The highest BCUT2D eigenvalue weighted by atomic mass is 16.5. The number of anilines is 1. The molecule has 2 atom stereocenters. The summed E-state index contributed by atoms with van der Waals surface area (Å²) in [7, 11) is 0. The monoisotopic (exact) mass is 473 g/mol. The lowest BCUT2D eigenvalue weighted by atomic mass is 10.1. The van der Waals surface area contributed by atoms with Crippen LogP contribution in [0.3, 0.4) is 0 Å². The first-order valence-electron chi connectivity index (χ1n) is 12.4. The Morgan fingerprint density at radius 1 is 1.11 bits per heavy atom. The van der Waals surface area contributed by atoms with Gasteiger partial charge in [-0.2, -0.15) is 5.10 Å². The van der Waals surface area contributed by atoms with Crippen LogP contribution in [0.1, 0.15) is 24.7 Å². The predicted molar refractivity (Wildman–Crippen MR) is 134 cm³/mol. The van der Waals surface area contributed by atoms with Crippen LogP contribution in [-0.2, 0) is 16.0 Å². The fraction of sp³-hybridized carbons (Fsp3) is 0.462. The molecule has 2 fully saturated rings. The van der Waals surface area contributed by atoms with Gasteiger partial charge in [-0.3, -0.25) is 4.68 Å². The second kappa shape index (κ2) is 9.05. The summed E-state index contributed by atoms with van der Waals surface area (Å²) in [5.74, 6) is 2.11. The van der Waals surface area contributed by atoms with Crippen LogP contribution >= 0.6 is 0 Å². The van der Waals surface area contributed by atoms with Gasteiger partial charge in [0.15, 0.2) is 5.82 Å². The van der Waals surface area contributed by atoms with E-state index < -0.39 is 0 Å². The Morgan fingerprint density at radius 2 is 2.00 bits per heavy atom. The minimum absolute atomic E-state index is 0.233. The average molecular weight is 474 g/mol. The molecule has 4 aromatic heterocycles. The fourth-order valence-corrected chi connectivity index (χ4v) is 5.27. The van der Waals surface area contributed by atoms with Gasteiger partial charge < -0.3 is 19.4 Å². The number of aromatic nitrogens is 6. The number of rotatable bonds is 5. The molecule has 2 aliphatic heterocycles. The molecule has 0 aliphatic carbocycles. The molecule has 0 bridgehead atoms. The molecule has 182 valence electrons. The Labute approximate surface area is 204 Å². The summed E-state index contributed by atoms with van der Waals surface area (Å²) in [6, 6.07) is 6.37. The van der Waals surface area contributed by atoms with Crippen LogP contribution < -0.4 is 4.90 Å².